The summed E-state index contributed by atoms with van der Waals surface area (Å²) in [7, 11) is 0. The van der Waals surface area contributed by atoms with Crippen molar-refractivity contribution in [1.82, 2.24) is 5.43 Å². The number of hydrazone groups is 1. The highest BCUT2D eigenvalue weighted by atomic mass is 35.5. The third-order valence-corrected chi connectivity index (χ3v) is 5.19. The van der Waals surface area contributed by atoms with Gasteiger partial charge in [0, 0.05) is 21.2 Å². The molecule has 0 saturated heterocycles. The van der Waals surface area contributed by atoms with Gasteiger partial charge >= 0.3 is 0 Å². The number of amides is 1. The average Bonchev–Trinajstić information content (AvgIpc) is 2.68. The molecule has 3 aromatic carbocycles. The highest BCUT2D eigenvalue weighted by Gasteiger charge is 2.04. The van der Waals surface area contributed by atoms with E-state index < -0.39 is 0 Å². The van der Waals surface area contributed by atoms with E-state index in [4.69, 9.17) is 11.6 Å². The van der Waals surface area contributed by atoms with Crippen LogP contribution in [0.2, 0.25) is 5.02 Å². The number of hydrogen-bond acceptors (Lipinski definition) is 3. The summed E-state index contributed by atoms with van der Waals surface area (Å²) in [5.74, 6) is 0.602. The molecule has 0 unspecified atom stereocenters. The number of nitrogens with one attached hydrogen (secondary N) is 1. The van der Waals surface area contributed by atoms with Crippen LogP contribution in [0.5, 0.6) is 0 Å². The molecule has 3 nitrogen and oxygen atoms in total. The molecule has 0 bridgehead atoms. The minimum Gasteiger partial charge on any atom is -0.267 e. The number of hydrogen-bond donors (Lipinski definition) is 1. The maximum Gasteiger partial charge on any atom is 0.271 e. The molecule has 1 amide bonds. The zero-order valence-corrected chi connectivity index (χ0v) is 16.4. The van der Waals surface area contributed by atoms with Crippen molar-refractivity contribution in [2.75, 3.05) is 0 Å². The van der Waals surface area contributed by atoms with Crippen LogP contribution in [0, 0.1) is 6.92 Å². The summed E-state index contributed by atoms with van der Waals surface area (Å²) in [6.45, 7) is 2.02. The van der Waals surface area contributed by atoms with Crippen LogP contribution in [-0.4, -0.2) is 12.1 Å². The van der Waals surface area contributed by atoms with Crippen LogP contribution in [0.4, 0.5) is 0 Å². The molecule has 0 heterocycles. The summed E-state index contributed by atoms with van der Waals surface area (Å²) < 4.78 is 0. The van der Waals surface area contributed by atoms with E-state index in [0.29, 0.717) is 5.56 Å². The smallest absolute Gasteiger partial charge is 0.267 e. The molecule has 0 aliphatic heterocycles. The lowest BCUT2D eigenvalue weighted by molar-refractivity contribution is 0.0955. The Bertz CT molecular complexity index is 937. The first-order valence-corrected chi connectivity index (χ1v) is 9.84. The molecule has 0 aliphatic carbocycles. The fourth-order valence-corrected chi connectivity index (χ4v) is 3.41. The second-order valence-corrected chi connectivity index (χ2v) is 7.54. The number of carbonyl (C=O) groups excluding carboxylic acids is 1. The largest absolute Gasteiger partial charge is 0.271 e. The highest BCUT2D eigenvalue weighted by molar-refractivity contribution is 7.98. The minimum atomic E-state index is -0.226. The van der Waals surface area contributed by atoms with Gasteiger partial charge in [0.1, 0.15) is 0 Å². The molecule has 0 aromatic heterocycles. The normalized spacial score (nSPS) is 10.9. The zero-order chi connectivity index (χ0) is 19.1. The molecule has 136 valence electrons. The predicted octanol–water partition coefficient (Wildman–Crippen LogP) is 5.70. The van der Waals surface area contributed by atoms with Crippen molar-refractivity contribution in [1.29, 1.82) is 0 Å². The van der Waals surface area contributed by atoms with E-state index in [0.717, 1.165) is 32.4 Å². The van der Waals surface area contributed by atoms with E-state index in [9.17, 15) is 4.79 Å². The predicted molar refractivity (Wildman–Crippen MR) is 114 cm³/mol. The Hall–Kier alpha value is -2.56. The maximum atomic E-state index is 12.2. The second-order valence-electron chi connectivity index (χ2n) is 6.05. The maximum absolute atomic E-state index is 12.2. The molecule has 3 rings (SSSR count). The Morgan fingerprint density at radius 2 is 1.81 bits per heavy atom. The average molecular weight is 395 g/mol. The van der Waals surface area contributed by atoms with Crippen LogP contribution in [0.3, 0.4) is 0 Å². The number of thioether (sulfide) groups is 1. The van der Waals surface area contributed by atoms with Crippen LogP contribution in [0.1, 0.15) is 27.0 Å². The molecule has 0 aliphatic rings. The second kappa shape index (κ2) is 9.40. The van der Waals surface area contributed by atoms with Gasteiger partial charge in [0.15, 0.2) is 0 Å². The Morgan fingerprint density at radius 3 is 2.52 bits per heavy atom. The number of rotatable bonds is 6. The summed E-state index contributed by atoms with van der Waals surface area (Å²) >= 11 is 7.62. The molecule has 5 heteroatoms. The van der Waals surface area contributed by atoms with Gasteiger partial charge in [-0.25, -0.2) is 5.43 Å². The van der Waals surface area contributed by atoms with Crippen LogP contribution < -0.4 is 5.43 Å². The third kappa shape index (κ3) is 5.98. The van der Waals surface area contributed by atoms with E-state index in [1.54, 1.807) is 18.0 Å². The zero-order valence-electron chi connectivity index (χ0n) is 14.9. The van der Waals surface area contributed by atoms with Gasteiger partial charge in [-0.05, 0) is 54.4 Å². The molecule has 0 saturated carbocycles. The van der Waals surface area contributed by atoms with E-state index >= 15 is 0 Å². The van der Waals surface area contributed by atoms with Crippen molar-refractivity contribution in [3.8, 4) is 0 Å². The number of halogens is 1. The van der Waals surface area contributed by atoms with Gasteiger partial charge in [-0.2, -0.15) is 5.10 Å². The molecule has 27 heavy (non-hydrogen) atoms. The number of benzene rings is 3. The molecular weight excluding hydrogens is 376 g/mol. The lowest BCUT2D eigenvalue weighted by Gasteiger charge is -2.04. The van der Waals surface area contributed by atoms with Crippen molar-refractivity contribution < 1.29 is 4.79 Å². The lowest BCUT2D eigenvalue weighted by Crippen LogP contribution is -2.17. The Kier molecular flexibility index (Phi) is 6.69. The summed E-state index contributed by atoms with van der Waals surface area (Å²) in [5.41, 5.74) is 6.39. The fourth-order valence-electron chi connectivity index (χ4n) is 2.43. The van der Waals surface area contributed by atoms with E-state index in [-0.39, 0.29) is 5.91 Å². The highest BCUT2D eigenvalue weighted by Crippen LogP contribution is 2.24. The minimum absolute atomic E-state index is 0.226. The number of aryl methyl sites for hydroxylation is 1. The van der Waals surface area contributed by atoms with Gasteiger partial charge in [-0.15, -0.1) is 11.8 Å². The first-order valence-electron chi connectivity index (χ1n) is 8.47. The molecule has 3 aromatic rings. The lowest BCUT2D eigenvalue weighted by atomic mass is 10.1. The van der Waals surface area contributed by atoms with Crippen molar-refractivity contribution in [2.45, 2.75) is 17.6 Å². The topological polar surface area (TPSA) is 41.5 Å². The van der Waals surface area contributed by atoms with Gasteiger partial charge in [0.2, 0.25) is 0 Å². The van der Waals surface area contributed by atoms with Crippen molar-refractivity contribution in [3.05, 3.63) is 100 Å². The van der Waals surface area contributed by atoms with Gasteiger partial charge in [0.25, 0.3) is 5.91 Å². The van der Waals surface area contributed by atoms with Gasteiger partial charge in [-0.3, -0.25) is 4.79 Å². The molecular formula is C22H19ClN2OS. The van der Waals surface area contributed by atoms with Gasteiger partial charge in [-0.1, -0.05) is 53.6 Å². The Labute approximate surface area is 168 Å². The van der Waals surface area contributed by atoms with Crippen molar-refractivity contribution in [3.63, 3.8) is 0 Å². The quantitative estimate of drug-likeness (QED) is 0.330. The summed E-state index contributed by atoms with van der Waals surface area (Å²) in [4.78, 5) is 13.3. The van der Waals surface area contributed by atoms with Gasteiger partial charge in [0.05, 0.1) is 6.21 Å². The summed E-state index contributed by atoms with van der Waals surface area (Å²) in [6, 6.07) is 23.2. The first kappa shape index (κ1) is 19.2. The first-order chi connectivity index (χ1) is 13.1. The fraction of sp³-hybridized carbons (Fsp3) is 0.0909. The standard InChI is InChI=1S/C22H19ClN2OS/c1-16-3-2-4-18(13-16)14-24-25-22(26)19-7-5-17(6-8-19)15-27-21-11-9-20(23)10-12-21/h2-14H,15H2,1H3,(H,25,26)/b24-14-. The van der Waals surface area contributed by atoms with E-state index in [2.05, 4.69) is 10.5 Å². The van der Waals surface area contributed by atoms with Crippen LogP contribution in [0.25, 0.3) is 0 Å². The molecule has 0 radical (unpaired) electrons. The van der Waals surface area contributed by atoms with Crippen molar-refractivity contribution in [2.24, 2.45) is 5.10 Å². The SMILES string of the molecule is Cc1cccc(/C=N\NC(=O)c2ccc(CSc3ccc(Cl)cc3)cc2)c1. The van der Waals surface area contributed by atoms with Crippen LogP contribution in [-0.2, 0) is 5.75 Å². The molecule has 0 fully saturated rings. The van der Waals surface area contributed by atoms with Gasteiger partial charge < -0.3 is 0 Å². The summed E-state index contributed by atoms with van der Waals surface area (Å²) in [5, 5.41) is 4.76. The number of carbonyl (C=O) groups is 1. The molecule has 0 spiro atoms. The van der Waals surface area contributed by atoms with E-state index in [1.807, 2.05) is 79.7 Å². The summed E-state index contributed by atoms with van der Waals surface area (Å²) in [6.07, 6.45) is 1.64. The van der Waals surface area contributed by atoms with E-state index in [1.165, 1.54) is 0 Å². The van der Waals surface area contributed by atoms with Crippen LogP contribution in [0.15, 0.2) is 82.8 Å². The monoisotopic (exact) mass is 394 g/mol. The number of nitrogens with zero attached hydrogens (tertiary/aromatic N) is 1. The Morgan fingerprint density at radius 1 is 1.07 bits per heavy atom. The third-order valence-electron chi connectivity index (χ3n) is 3.86. The Balaban J connectivity index is 1.53. The van der Waals surface area contributed by atoms with Crippen LogP contribution >= 0.6 is 23.4 Å². The van der Waals surface area contributed by atoms with Crippen molar-refractivity contribution >= 4 is 35.5 Å². The molecule has 0 atom stereocenters. The molecule has 1 N–H and O–H groups in total.